The zero-order valence-electron chi connectivity index (χ0n) is 15.5. The second-order valence-electron chi connectivity index (χ2n) is 7.39. The molecule has 3 aromatic rings. The summed E-state index contributed by atoms with van der Waals surface area (Å²) >= 11 is 6.38. The Balaban J connectivity index is 1.39. The third-order valence-corrected chi connectivity index (χ3v) is 6.10. The van der Waals surface area contributed by atoms with Gasteiger partial charge >= 0.3 is 0 Å². The van der Waals surface area contributed by atoms with Gasteiger partial charge in [-0.1, -0.05) is 11.6 Å². The number of hydrogen-bond acceptors (Lipinski definition) is 4. The number of benzene rings is 1. The number of furan rings is 1. The molecule has 4 rings (SSSR count). The number of carbonyl (C=O) groups excluding carboxylic acids is 1. The molecule has 1 aromatic carbocycles. The molecule has 0 radical (unpaired) electrons. The summed E-state index contributed by atoms with van der Waals surface area (Å²) in [6.45, 7) is 3.93. The number of carbonyl (C=O) groups is 1. The van der Waals surface area contributed by atoms with Crippen molar-refractivity contribution in [3.8, 4) is 0 Å². The van der Waals surface area contributed by atoms with Crippen LogP contribution in [0.2, 0.25) is 5.02 Å². The first-order chi connectivity index (χ1) is 13.0. The van der Waals surface area contributed by atoms with Gasteiger partial charge in [-0.05, 0) is 56.7 Å². The summed E-state index contributed by atoms with van der Waals surface area (Å²) in [5.41, 5.74) is 3.62. The Labute approximate surface area is 162 Å². The molecule has 0 bridgehead atoms. The molecule has 1 saturated carbocycles. The molecule has 2 heterocycles. The van der Waals surface area contributed by atoms with Crippen LogP contribution in [0.25, 0.3) is 11.0 Å². The van der Waals surface area contributed by atoms with E-state index in [1.807, 2.05) is 24.6 Å². The number of aryl methyl sites for hydroxylation is 2. The number of rotatable bonds is 4. The third kappa shape index (κ3) is 3.58. The number of halogens is 1. The molecule has 142 valence electrons. The highest BCUT2D eigenvalue weighted by Gasteiger charge is 2.24. The van der Waals surface area contributed by atoms with Crippen molar-refractivity contribution in [2.24, 2.45) is 0 Å². The first-order valence-electron chi connectivity index (χ1n) is 9.32. The molecule has 1 amide bonds. The van der Waals surface area contributed by atoms with Gasteiger partial charge in [0.25, 0.3) is 0 Å². The molecular weight excluding hydrogens is 364 g/mol. The molecular formula is C20H23ClN4O2. The minimum absolute atomic E-state index is 0.0259. The molecule has 2 aromatic heterocycles. The Morgan fingerprint density at radius 2 is 2.11 bits per heavy atom. The zero-order chi connectivity index (χ0) is 19.0. The van der Waals surface area contributed by atoms with Crippen LogP contribution in [-0.4, -0.2) is 26.7 Å². The molecule has 7 heteroatoms. The highest BCUT2D eigenvalue weighted by molar-refractivity contribution is 6.33. The third-order valence-electron chi connectivity index (χ3n) is 5.52. The second-order valence-corrected chi connectivity index (χ2v) is 7.77. The highest BCUT2D eigenvalue weighted by Crippen LogP contribution is 2.33. The number of aromatic nitrogens is 3. The van der Waals surface area contributed by atoms with Crippen molar-refractivity contribution in [3.05, 3.63) is 46.7 Å². The van der Waals surface area contributed by atoms with E-state index in [2.05, 4.69) is 15.4 Å². The molecule has 0 atom stereocenters. The minimum Gasteiger partial charge on any atom is -0.464 e. The molecule has 0 spiro atoms. The van der Waals surface area contributed by atoms with Gasteiger partial charge in [-0.25, -0.2) is 9.67 Å². The van der Waals surface area contributed by atoms with E-state index in [0.717, 1.165) is 58.4 Å². The van der Waals surface area contributed by atoms with E-state index < -0.39 is 0 Å². The summed E-state index contributed by atoms with van der Waals surface area (Å²) < 4.78 is 7.58. The van der Waals surface area contributed by atoms with E-state index in [1.165, 1.54) is 0 Å². The van der Waals surface area contributed by atoms with Crippen LogP contribution in [0, 0.1) is 13.8 Å². The van der Waals surface area contributed by atoms with Crippen LogP contribution < -0.4 is 5.32 Å². The lowest BCUT2D eigenvalue weighted by Crippen LogP contribution is -2.38. The van der Waals surface area contributed by atoms with Crippen molar-refractivity contribution >= 4 is 28.5 Å². The average molecular weight is 387 g/mol. The predicted molar refractivity (Wildman–Crippen MR) is 104 cm³/mol. The standard InChI is InChI=1S/C20H23ClN4O2/c1-12-7-17-19(13(2)20(12)21)14(9-27-17)8-18(26)24-15-3-5-16(6-4-15)25-11-22-10-23-25/h7,9-11,15-16H,3-6,8H2,1-2H3,(H,24,26). The first-order valence-corrected chi connectivity index (χ1v) is 9.70. The molecule has 1 N–H and O–H groups in total. The Morgan fingerprint density at radius 3 is 2.81 bits per heavy atom. The Bertz CT molecular complexity index is 956. The van der Waals surface area contributed by atoms with Crippen LogP contribution in [-0.2, 0) is 11.2 Å². The van der Waals surface area contributed by atoms with Gasteiger partial charge in [0.05, 0.1) is 18.7 Å². The summed E-state index contributed by atoms with van der Waals surface area (Å²) in [6.07, 6.45) is 9.21. The van der Waals surface area contributed by atoms with E-state index in [0.29, 0.717) is 12.5 Å². The summed E-state index contributed by atoms with van der Waals surface area (Å²) in [5.74, 6) is 0.0259. The molecule has 0 aliphatic heterocycles. The molecule has 0 saturated heterocycles. The highest BCUT2D eigenvalue weighted by atomic mass is 35.5. The molecule has 1 aliphatic rings. The quantitative estimate of drug-likeness (QED) is 0.731. The largest absolute Gasteiger partial charge is 0.464 e. The van der Waals surface area contributed by atoms with E-state index in [1.54, 1.807) is 18.9 Å². The normalized spacial score (nSPS) is 20.1. The van der Waals surface area contributed by atoms with Crippen LogP contribution >= 0.6 is 11.6 Å². The van der Waals surface area contributed by atoms with Crippen molar-refractivity contribution in [1.82, 2.24) is 20.1 Å². The van der Waals surface area contributed by atoms with Crippen molar-refractivity contribution in [2.75, 3.05) is 0 Å². The van der Waals surface area contributed by atoms with Crippen LogP contribution in [0.5, 0.6) is 0 Å². The lowest BCUT2D eigenvalue weighted by molar-refractivity contribution is -0.121. The van der Waals surface area contributed by atoms with Gasteiger partial charge in [0.2, 0.25) is 5.91 Å². The van der Waals surface area contributed by atoms with E-state index >= 15 is 0 Å². The maximum atomic E-state index is 12.6. The summed E-state index contributed by atoms with van der Waals surface area (Å²) in [7, 11) is 0. The van der Waals surface area contributed by atoms with Crippen molar-refractivity contribution in [1.29, 1.82) is 0 Å². The average Bonchev–Trinajstić information content (AvgIpc) is 3.31. The number of nitrogens with zero attached hydrogens (tertiary/aromatic N) is 3. The van der Waals surface area contributed by atoms with Gasteiger partial charge in [-0.3, -0.25) is 4.79 Å². The summed E-state index contributed by atoms with van der Waals surface area (Å²) in [6, 6.07) is 2.52. The Kier molecular flexibility index (Phi) is 4.91. The molecule has 1 fully saturated rings. The topological polar surface area (TPSA) is 73.0 Å². The van der Waals surface area contributed by atoms with E-state index in [9.17, 15) is 4.79 Å². The maximum absolute atomic E-state index is 12.6. The van der Waals surface area contributed by atoms with Gasteiger partial charge in [0.15, 0.2) is 0 Å². The van der Waals surface area contributed by atoms with Crippen LogP contribution in [0.1, 0.15) is 48.4 Å². The van der Waals surface area contributed by atoms with Gasteiger partial charge in [-0.15, -0.1) is 0 Å². The number of fused-ring (bicyclic) bond motifs is 1. The van der Waals surface area contributed by atoms with E-state index in [4.69, 9.17) is 16.0 Å². The van der Waals surface area contributed by atoms with Gasteiger partial charge in [0.1, 0.15) is 18.2 Å². The fourth-order valence-corrected chi connectivity index (χ4v) is 4.23. The minimum atomic E-state index is 0.0259. The van der Waals surface area contributed by atoms with Gasteiger partial charge in [0, 0.05) is 22.0 Å². The van der Waals surface area contributed by atoms with Crippen molar-refractivity contribution < 1.29 is 9.21 Å². The SMILES string of the molecule is Cc1cc2occ(CC(=O)NC3CCC(n4cncn4)CC3)c2c(C)c1Cl. The summed E-state index contributed by atoms with van der Waals surface area (Å²) in [5, 5.41) is 9.09. The van der Waals surface area contributed by atoms with Crippen molar-refractivity contribution in [3.63, 3.8) is 0 Å². The number of hydrogen-bond donors (Lipinski definition) is 1. The Hall–Kier alpha value is -2.34. The monoisotopic (exact) mass is 386 g/mol. The lowest BCUT2D eigenvalue weighted by atomic mass is 9.91. The summed E-state index contributed by atoms with van der Waals surface area (Å²) in [4.78, 5) is 16.6. The van der Waals surface area contributed by atoms with Crippen LogP contribution in [0.15, 0.2) is 29.4 Å². The van der Waals surface area contributed by atoms with Gasteiger partial charge < -0.3 is 9.73 Å². The maximum Gasteiger partial charge on any atom is 0.224 e. The lowest BCUT2D eigenvalue weighted by Gasteiger charge is -2.29. The molecule has 27 heavy (non-hydrogen) atoms. The molecule has 0 unspecified atom stereocenters. The van der Waals surface area contributed by atoms with E-state index in [-0.39, 0.29) is 11.9 Å². The Morgan fingerprint density at radius 1 is 1.33 bits per heavy atom. The fraction of sp³-hybridized carbons (Fsp3) is 0.450. The smallest absolute Gasteiger partial charge is 0.224 e. The fourth-order valence-electron chi connectivity index (χ4n) is 4.08. The second kappa shape index (κ2) is 7.35. The molecule has 1 aliphatic carbocycles. The number of amides is 1. The van der Waals surface area contributed by atoms with Gasteiger partial charge in [-0.2, -0.15) is 5.10 Å². The van der Waals surface area contributed by atoms with Crippen LogP contribution in [0.3, 0.4) is 0 Å². The molecule has 6 nitrogen and oxygen atoms in total. The predicted octanol–water partition coefficient (Wildman–Crippen LogP) is 4.14. The van der Waals surface area contributed by atoms with Crippen LogP contribution in [0.4, 0.5) is 0 Å². The first kappa shape index (κ1) is 18.0. The van der Waals surface area contributed by atoms with Crippen molar-refractivity contribution in [2.45, 2.75) is 58.0 Å². The number of nitrogens with one attached hydrogen (secondary N) is 1. The zero-order valence-corrected chi connectivity index (χ0v) is 16.3.